The van der Waals surface area contributed by atoms with Crippen LogP contribution in [0.1, 0.15) is 38.8 Å². The maximum atomic E-state index is 13.0. The summed E-state index contributed by atoms with van der Waals surface area (Å²) in [4.78, 5) is 37.2. The number of fused-ring (bicyclic) bond motifs is 2. The van der Waals surface area contributed by atoms with Gasteiger partial charge in [-0.3, -0.25) is 9.59 Å². The smallest absolute Gasteiger partial charge is 0.344 e. The van der Waals surface area contributed by atoms with Crippen molar-refractivity contribution in [1.82, 2.24) is 0 Å². The van der Waals surface area contributed by atoms with Gasteiger partial charge in [-0.2, -0.15) is 0 Å². The molecule has 0 spiro atoms. The summed E-state index contributed by atoms with van der Waals surface area (Å²) in [5.41, 5.74) is 6.35. The van der Waals surface area contributed by atoms with Crippen molar-refractivity contribution in [3.63, 3.8) is 0 Å². The Labute approximate surface area is 183 Å². The van der Waals surface area contributed by atoms with E-state index < -0.39 is 23.3 Å². The molecular weight excluding hydrogens is 414 g/mol. The Morgan fingerprint density at radius 2 is 1.53 bits per heavy atom. The molecular formula is C24H19NO7. The molecule has 0 heterocycles. The first-order chi connectivity index (χ1) is 15.4. The highest BCUT2D eigenvalue weighted by Gasteiger charge is 2.35. The van der Waals surface area contributed by atoms with Gasteiger partial charge in [0, 0.05) is 17.2 Å². The van der Waals surface area contributed by atoms with Gasteiger partial charge in [-0.05, 0) is 31.2 Å². The van der Waals surface area contributed by atoms with E-state index in [4.69, 9.17) is 19.9 Å². The Morgan fingerprint density at radius 1 is 0.938 bits per heavy atom. The molecule has 0 saturated carbocycles. The summed E-state index contributed by atoms with van der Waals surface area (Å²) in [5, 5.41) is 10.5. The van der Waals surface area contributed by atoms with Gasteiger partial charge < -0.3 is 25.1 Å². The van der Waals surface area contributed by atoms with Crippen molar-refractivity contribution < 1.29 is 33.7 Å². The molecule has 1 aliphatic rings. The Balaban J connectivity index is 1.60. The normalized spacial score (nSPS) is 12.0. The highest BCUT2D eigenvalue weighted by molar-refractivity contribution is 6.31. The molecule has 0 unspecified atom stereocenters. The second-order valence-corrected chi connectivity index (χ2v) is 6.93. The van der Waals surface area contributed by atoms with E-state index in [-0.39, 0.29) is 46.9 Å². The third-order valence-electron chi connectivity index (χ3n) is 4.89. The summed E-state index contributed by atoms with van der Waals surface area (Å²) >= 11 is 0. The molecule has 8 nitrogen and oxygen atoms in total. The number of nitrogen functional groups attached to an aromatic ring is 1. The molecule has 0 radical (unpaired) electrons. The number of rotatable bonds is 6. The molecule has 3 aromatic rings. The van der Waals surface area contributed by atoms with Crippen LogP contribution in [0.3, 0.4) is 0 Å². The molecule has 8 heteroatoms. The van der Waals surface area contributed by atoms with Crippen LogP contribution < -0.4 is 15.2 Å². The number of esters is 1. The predicted octanol–water partition coefficient (Wildman–Crippen LogP) is 3.48. The zero-order valence-electron chi connectivity index (χ0n) is 17.1. The van der Waals surface area contributed by atoms with Gasteiger partial charge >= 0.3 is 5.97 Å². The van der Waals surface area contributed by atoms with E-state index >= 15 is 0 Å². The summed E-state index contributed by atoms with van der Waals surface area (Å²) in [6.07, 6.45) is 0. The third kappa shape index (κ3) is 3.74. The molecule has 0 bridgehead atoms. The van der Waals surface area contributed by atoms with E-state index in [1.807, 2.05) is 0 Å². The molecule has 3 aromatic carbocycles. The molecule has 0 fully saturated rings. The minimum atomic E-state index is -0.481. The Hall–Kier alpha value is -4.33. The predicted molar refractivity (Wildman–Crippen MR) is 114 cm³/mol. The van der Waals surface area contributed by atoms with Gasteiger partial charge in [-0.25, -0.2) is 4.79 Å². The van der Waals surface area contributed by atoms with Crippen LogP contribution in [0.4, 0.5) is 5.69 Å². The van der Waals surface area contributed by atoms with Crippen molar-refractivity contribution in [2.45, 2.75) is 6.92 Å². The van der Waals surface area contributed by atoms with Crippen LogP contribution >= 0.6 is 0 Å². The van der Waals surface area contributed by atoms with E-state index in [9.17, 15) is 19.5 Å². The molecule has 0 atom stereocenters. The Kier molecular flexibility index (Phi) is 5.51. The van der Waals surface area contributed by atoms with Gasteiger partial charge in [-0.15, -0.1) is 0 Å². The van der Waals surface area contributed by atoms with Crippen molar-refractivity contribution in [3.05, 3.63) is 76.9 Å². The zero-order valence-corrected chi connectivity index (χ0v) is 17.1. The molecule has 0 saturated heterocycles. The molecule has 32 heavy (non-hydrogen) atoms. The highest BCUT2D eigenvalue weighted by atomic mass is 16.6. The number of phenolic OH excluding ortho intramolecular Hbond substituents is 1. The summed E-state index contributed by atoms with van der Waals surface area (Å²) in [6, 6.07) is 13.9. The molecule has 4 rings (SSSR count). The lowest BCUT2D eigenvalue weighted by molar-refractivity contribution is -0.145. The molecule has 0 amide bonds. The van der Waals surface area contributed by atoms with Gasteiger partial charge in [0.1, 0.15) is 17.2 Å². The summed E-state index contributed by atoms with van der Waals surface area (Å²) in [5.74, 6) is -1.02. The number of hydrogen-bond donors (Lipinski definition) is 2. The van der Waals surface area contributed by atoms with Crippen LogP contribution in [0, 0.1) is 0 Å². The zero-order chi connectivity index (χ0) is 22.8. The average molecular weight is 433 g/mol. The van der Waals surface area contributed by atoms with Gasteiger partial charge in [-0.1, -0.05) is 24.3 Å². The lowest BCUT2D eigenvalue weighted by Gasteiger charge is -2.21. The number of anilines is 1. The number of phenols is 1. The molecule has 1 aliphatic carbocycles. The lowest BCUT2D eigenvalue weighted by atomic mass is 9.82. The van der Waals surface area contributed by atoms with Crippen LogP contribution in [0.25, 0.3) is 0 Å². The van der Waals surface area contributed by atoms with E-state index in [2.05, 4.69) is 0 Å². The van der Waals surface area contributed by atoms with Crippen LogP contribution in [-0.2, 0) is 9.53 Å². The van der Waals surface area contributed by atoms with Crippen LogP contribution in [0.5, 0.6) is 23.0 Å². The summed E-state index contributed by atoms with van der Waals surface area (Å²) in [6.45, 7) is 1.75. The lowest BCUT2D eigenvalue weighted by Crippen LogP contribution is -2.22. The standard InChI is InChI=1S/C24H19NO7/c1-2-30-19(27)12-31-13-7-9-14(10-8-13)32-18-11-17(26)20-21(22(18)25)24(29)16-6-4-3-5-15(16)23(20)28/h3-11,26H,2,12,25H2,1H3. The number of ether oxygens (including phenoxy) is 3. The van der Waals surface area contributed by atoms with E-state index in [1.54, 1.807) is 43.3 Å². The monoisotopic (exact) mass is 433 g/mol. The van der Waals surface area contributed by atoms with Crippen LogP contribution in [0.2, 0.25) is 0 Å². The first kappa shape index (κ1) is 20.9. The van der Waals surface area contributed by atoms with E-state index in [0.717, 1.165) is 0 Å². The fourth-order valence-corrected chi connectivity index (χ4v) is 3.43. The van der Waals surface area contributed by atoms with Gasteiger partial charge in [0.25, 0.3) is 0 Å². The van der Waals surface area contributed by atoms with E-state index in [0.29, 0.717) is 11.5 Å². The van der Waals surface area contributed by atoms with Crippen molar-refractivity contribution in [3.8, 4) is 23.0 Å². The quantitative estimate of drug-likeness (QED) is 0.269. The highest BCUT2D eigenvalue weighted by Crippen LogP contribution is 2.42. The van der Waals surface area contributed by atoms with Crippen molar-refractivity contribution >= 4 is 23.2 Å². The number of carbonyl (C=O) groups is 3. The molecule has 162 valence electrons. The third-order valence-corrected chi connectivity index (χ3v) is 4.89. The Bertz CT molecular complexity index is 1230. The van der Waals surface area contributed by atoms with Gasteiger partial charge in [0.05, 0.1) is 23.4 Å². The molecule has 3 N–H and O–H groups in total. The maximum absolute atomic E-state index is 13.0. The SMILES string of the molecule is CCOC(=O)COc1ccc(Oc2cc(O)c3c(c2N)C(=O)c2ccccc2C3=O)cc1. The fourth-order valence-electron chi connectivity index (χ4n) is 3.43. The number of hydrogen-bond acceptors (Lipinski definition) is 8. The number of carbonyl (C=O) groups excluding carboxylic acids is 3. The average Bonchev–Trinajstić information content (AvgIpc) is 2.79. The molecule has 0 aliphatic heterocycles. The summed E-state index contributed by atoms with van der Waals surface area (Å²) in [7, 11) is 0. The van der Waals surface area contributed by atoms with E-state index in [1.165, 1.54) is 18.2 Å². The topological polar surface area (TPSA) is 125 Å². The number of nitrogens with two attached hydrogens (primary N) is 1. The largest absolute Gasteiger partial charge is 0.507 e. The second kappa shape index (κ2) is 8.43. The molecule has 0 aromatic heterocycles. The summed E-state index contributed by atoms with van der Waals surface area (Å²) < 4.78 is 15.9. The van der Waals surface area contributed by atoms with Crippen LogP contribution in [-0.4, -0.2) is 35.9 Å². The van der Waals surface area contributed by atoms with Gasteiger partial charge in [0.15, 0.2) is 23.9 Å². The number of ketones is 2. The van der Waals surface area contributed by atoms with Crippen molar-refractivity contribution in [2.75, 3.05) is 18.9 Å². The minimum absolute atomic E-state index is 0.0296. The maximum Gasteiger partial charge on any atom is 0.344 e. The first-order valence-electron chi connectivity index (χ1n) is 9.81. The van der Waals surface area contributed by atoms with Crippen molar-refractivity contribution in [1.29, 1.82) is 0 Å². The Morgan fingerprint density at radius 3 is 2.16 bits per heavy atom. The number of aromatic hydroxyl groups is 1. The van der Waals surface area contributed by atoms with Gasteiger partial charge in [0.2, 0.25) is 0 Å². The first-order valence-corrected chi connectivity index (χ1v) is 9.81. The number of benzene rings is 3. The van der Waals surface area contributed by atoms with Crippen molar-refractivity contribution in [2.24, 2.45) is 0 Å². The van der Waals surface area contributed by atoms with Crippen LogP contribution in [0.15, 0.2) is 54.6 Å². The fraction of sp³-hybridized carbons (Fsp3) is 0.125. The second-order valence-electron chi connectivity index (χ2n) is 6.93. The minimum Gasteiger partial charge on any atom is -0.507 e.